The summed E-state index contributed by atoms with van der Waals surface area (Å²) in [5.74, 6) is 0.291. The Kier molecular flexibility index (Phi) is 3.69. The van der Waals surface area contributed by atoms with Gasteiger partial charge in [0.25, 0.3) is 0 Å². The first kappa shape index (κ1) is 12.8. The van der Waals surface area contributed by atoms with Gasteiger partial charge in [-0.1, -0.05) is 13.8 Å². The highest BCUT2D eigenvalue weighted by molar-refractivity contribution is 4.94. The maximum Gasteiger partial charge on any atom is 0.404 e. The van der Waals surface area contributed by atoms with Crippen LogP contribution in [0.15, 0.2) is 0 Å². The van der Waals surface area contributed by atoms with Crippen LogP contribution in [0.1, 0.15) is 40.5 Å². The van der Waals surface area contributed by atoms with Gasteiger partial charge in [-0.25, -0.2) is 0 Å². The van der Waals surface area contributed by atoms with Crippen LogP contribution in [-0.4, -0.2) is 29.2 Å². The van der Waals surface area contributed by atoms with Crippen molar-refractivity contribution in [3.05, 3.63) is 0 Å². The smallest absolute Gasteiger partial charge is 0.287 e. The van der Waals surface area contributed by atoms with Gasteiger partial charge in [0.05, 0.1) is 0 Å². The molecule has 1 rings (SSSR count). The zero-order valence-corrected chi connectivity index (χ0v) is 9.80. The summed E-state index contributed by atoms with van der Waals surface area (Å²) in [5.41, 5.74) is 0. The van der Waals surface area contributed by atoms with Crippen LogP contribution in [0, 0.1) is 5.92 Å². The second-order valence-corrected chi connectivity index (χ2v) is 4.99. The highest BCUT2D eigenvalue weighted by atomic mass is 19.4. The summed E-state index contributed by atoms with van der Waals surface area (Å²) >= 11 is 0. The molecular weight excluding hydrogens is 203 g/mol. The molecule has 1 aliphatic heterocycles. The Balaban J connectivity index is 2.85. The summed E-state index contributed by atoms with van der Waals surface area (Å²) < 4.78 is 38.3. The lowest BCUT2D eigenvalue weighted by molar-refractivity contribution is -0.184. The molecule has 0 N–H and O–H groups in total. The maximum absolute atomic E-state index is 12.8. The lowest BCUT2D eigenvalue weighted by Crippen LogP contribution is -2.49. The molecule has 15 heavy (non-hydrogen) atoms. The van der Waals surface area contributed by atoms with Gasteiger partial charge in [-0.2, -0.15) is 13.2 Å². The number of nitrogens with zero attached hydrogens (tertiary/aromatic N) is 1. The summed E-state index contributed by atoms with van der Waals surface area (Å²) in [6.07, 6.45) is -3.15. The molecule has 0 spiro atoms. The number of likely N-dealkylation sites (tertiary alicyclic amines) is 1. The predicted molar refractivity (Wildman–Crippen MR) is 54.7 cm³/mol. The molecule has 0 bridgehead atoms. The Morgan fingerprint density at radius 3 is 1.93 bits per heavy atom. The molecule has 0 aromatic carbocycles. The van der Waals surface area contributed by atoms with Crippen LogP contribution in [0.25, 0.3) is 0 Å². The quantitative estimate of drug-likeness (QED) is 0.693. The van der Waals surface area contributed by atoms with Gasteiger partial charge >= 0.3 is 6.18 Å². The minimum Gasteiger partial charge on any atom is -0.287 e. The van der Waals surface area contributed by atoms with Gasteiger partial charge in [0.2, 0.25) is 0 Å². The van der Waals surface area contributed by atoms with Crippen molar-refractivity contribution in [3.8, 4) is 0 Å². The molecule has 0 aromatic rings. The Labute approximate surface area is 89.6 Å². The molecule has 1 aliphatic rings. The summed E-state index contributed by atoms with van der Waals surface area (Å²) in [7, 11) is 0. The molecule has 0 radical (unpaired) electrons. The van der Waals surface area contributed by atoms with E-state index in [0.717, 1.165) is 0 Å². The second-order valence-electron chi connectivity index (χ2n) is 4.99. The van der Waals surface area contributed by atoms with Crippen molar-refractivity contribution in [2.24, 2.45) is 5.92 Å². The summed E-state index contributed by atoms with van der Waals surface area (Å²) in [6, 6.07) is -1.19. The van der Waals surface area contributed by atoms with Gasteiger partial charge in [-0.15, -0.1) is 0 Å². The molecule has 0 aromatic heterocycles. The van der Waals surface area contributed by atoms with Crippen molar-refractivity contribution >= 4 is 0 Å². The van der Waals surface area contributed by atoms with Crippen molar-refractivity contribution in [3.63, 3.8) is 0 Å². The molecule has 1 fully saturated rings. The van der Waals surface area contributed by atoms with E-state index in [4.69, 9.17) is 0 Å². The molecule has 1 heterocycles. The van der Waals surface area contributed by atoms with E-state index in [-0.39, 0.29) is 18.5 Å². The average molecular weight is 223 g/mol. The highest BCUT2D eigenvalue weighted by Crippen LogP contribution is 2.39. The third kappa shape index (κ3) is 2.65. The average Bonchev–Trinajstić information content (AvgIpc) is 2.45. The van der Waals surface area contributed by atoms with Crippen molar-refractivity contribution in [1.82, 2.24) is 4.90 Å². The monoisotopic (exact) mass is 223 g/mol. The van der Waals surface area contributed by atoms with E-state index in [1.807, 2.05) is 27.7 Å². The molecule has 2 atom stereocenters. The Hall–Kier alpha value is -0.250. The first-order chi connectivity index (χ1) is 6.75. The number of alkyl halides is 3. The van der Waals surface area contributed by atoms with Crippen molar-refractivity contribution in [1.29, 1.82) is 0 Å². The van der Waals surface area contributed by atoms with E-state index in [1.54, 1.807) is 4.90 Å². The molecule has 1 unspecified atom stereocenters. The summed E-state index contributed by atoms with van der Waals surface area (Å²) in [4.78, 5) is 1.64. The van der Waals surface area contributed by atoms with E-state index in [9.17, 15) is 13.2 Å². The van der Waals surface area contributed by atoms with Crippen molar-refractivity contribution in [2.45, 2.75) is 64.8 Å². The van der Waals surface area contributed by atoms with Gasteiger partial charge in [-0.3, -0.25) is 4.90 Å². The highest BCUT2D eigenvalue weighted by Gasteiger charge is 2.50. The van der Waals surface area contributed by atoms with Crippen LogP contribution in [0.5, 0.6) is 0 Å². The van der Waals surface area contributed by atoms with Gasteiger partial charge < -0.3 is 0 Å². The third-order valence-corrected chi connectivity index (χ3v) is 3.22. The van der Waals surface area contributed by atoms with Gasteiger partial charge in [-0.05, 0) is 32.6 Å². The topological polar surface area (TPSA) is 3.24 Å². The number of halogens is 3. The van der Waals surface area contributed by atoms with Crippen LogP contribution >= 0.6 is 0 Å². The standard InChI is InChI=1S/C11H20F3N/c1-7(2)9-5-6-10(11(12,13)14)15(9)8(3)4/h7-10H,5-6H2,1-4H3/t9-,10?/m0/s1. The van der Waals surface area contributed by atoms with E-state index in [2.05, 4.69) is 0 Å². The van der Waals surface area contributed by atoms with Gasteiger partial charge in [0, 0.05) is 12.1 Å². The lowest BCUT2D eigenvalue weighted by Gasteiger charge is -2.36. The van der Waals surface area contributed by atoms with Crippen LogP contribution in [-0.2, 0) is 0 Å². The lowest BCUT2D eigenvalue weighted by atomic mass is 10.0. The molecular formula is C11H20F3N. The number of hydrogen-bond donors (Lipinski definition) is 0. The third-order valence-electron chi connectivity index (χ3n) is 3.22. The van der Waals surface area contributed by atoms with Gasteiger partial charge in [0.15, 0.2) is 0 Å². The zero-order chi connectivity index (χ0) is 11.8. The van der Waals surface area contributed by atoms with Crippen LogP contribution in [0.2, 0.25) is 0 Å². The first-order valence-corrected chi connectivity index (χ1v) is 5.59. The van der Waals surface area contributed by atoms with Crippen LogP contribution in [0.3, 0.4) is 0 Å². The molecule has 0 aliphatic carbocycles. The number of hydrogen-bond acceptors (Lipinski definition) is 1. The second kappa shape index (κ2) is 4.32. The Morgan fingerprint density at radius 2 is 1.60 bits per heavy atom. The normalized spacial score (nSPS) is 29.4. The van der Waals surface area contributed by atoms with E-state index >= 15 is 0 Å². The van der Waals surface area contributed by atoms with E-state index < -0.39 is 12.2 Å². The fourth-order valence-corrected chi connectivity index (χ4v) is 2.61. The van der Waals surface area contributed by atoms with E-state index in [1.165, 1.54) is 0 Å². The Bertz CT molecular complexity index is 210. The first-order valence-electron chi connectivity index (χ1n) is 5.59. The molecule has 1 nitrogen and oxygen atoms in total. The molecule has 0 amide bonds. The number of rotatable bonds is 2. The SMILES string of the molecule is CC(C)[C@@H]1CCC(C(F)(F)F)N1C(C)C. The molecule has 4 heteroatoms. The largest absolute Gasteiger partial charge is 0.404 e. The molecule has 0 saturated carbocycles. The Morgan fingerprint density at radius 1 is 1.07 bits per heavy atom. The predicted octanol–water partition coefficient (Wildman–Crippen LogP) is 3.45. The van der Waals surface area contributed by atoms with Crippen molar-refractivity contribution in [2.75, 3.05) is 0 Å². The summed E-state index contributed by atoms with van der Waals surface area (Å²) in [6.45, 7) is 7.69. The summed E-state index contributed by atoms with van der Waals surface area (Å²) in [5, 5.41) is 0. The minimum absolute atomic E-state index is 0.0356. The van der Waals surface area contributed by atoms with Crippen LogP contribution in [0.4, 0.5) is 13.2 Å². The molecule has 90 valence electrons. The minimum atomic E-state index is -4.08. The fraction of sp³-hybridized carbons (Fsp3) is 1.00. The van der Waals surface area contributed by atoms with E-state index in [0.29, 0.717) is 12.3 Å². The molecule has 1 saturated heterocycles. The zero-order valence-electron chi connectivity index (χ0n) is 9.80. The maximum atomic E-state index is 12.8. The van der Waals surface area contributed by atoms with Crippen molar-refractivity contribution < 1.29 is 13.2 Å². The van der Waals surface area contributed by atoms with Crippen LogP contribution < -0.4 is 0 Å². The fourth-order valence-electron chi connectivity index (χ4n) is 2.61. The van der Waals surface area contributed by atoms with Gasteiger partial charge in [0.1, 0.15) is 6.04 Å².